The molecule has 4 nitrogen and oxygen atoms in total. The molecule has 0 aliphatic heterocycles. The van der Waals surface area contributed by atoms with E-state index in [-0.39, 0.29) is 18.0 Å². The van der Waals surface area contributed by atoms with Crippen LogP contribution in [0.5, 0.6) is 0 Å². The summed E-state index contributed by atoms with van der Waals surface area (Å²) >= 11 is 0. The molecule has 20 heavy (non-hydrogen) atoms. The molecule has 0 aliphatic rings. The minimum atomic E-state index is -0.257. The van der Waals surface area contributed by atoms with Crippen LogP contribution in [0.4, 0.5) is 5.69 Å². The van der Waals surface area contributed by atoms with Gasteiger partial charge in [-0.2, -0.15) is 0 Å². The molecule has 2 atom stereocenters. The Morgan fingerprint density at radius 2 is 2.00 bits per heavy atom. The van der Waals surface area contributed by atoms with Gasteiger partial charge in [-0.15, -0.1) is 0 Å². The highest BCUT2D eigenvalue weighted by Crippen LogP contribution is 2.16. The Balaban J connectivity index is 2.65. The summed E-state index contributed by atoms with van der Waals surface area (Å²) in [6.07, 6.45) is 1.77. The van der Waals surface area contributed by atoms with Crippen molar-refractivity contribution < 1.29 is 9.53 Å². The molecule has 2 N–H and O–H groups in total. The van der Waals surface area contributed by atoms with E-state index in [0.29, 0.717) is 6.61 Å². The summed E-state index contributed by atoms with van der Waals surface area (Å²) in [5.74, 6) is 0.0286. The monoisotopic (exact) mass is 278 g/mol. The Hall–Kier alpha value is -1.55. The molecule has 1 amide bonds. The van der Waals surface area contributed by atoms with Crippen LogP contribution in [-0.4, -0.2) is 31.7 Å². The van der Waals surface area contributed by atoms with Crippen LogP contribution in [0.15, 0.2) is 24.3 Å². The number of carbonyl (C=O) groups is 1. The molecule has 0 bridgehead atoms. The van der Waals surface area contributed by atoms with E-state index in [4.69, 9.17) is 4.74 Å². The molecule has 0 saturated heterocycles. The lowest BCUT2D eigenvalue weighted by atomic mass is 10.1. The maximum absolute atomic E-state index is 12.0. The molecule has 0 spiro atoms. The minimum Gasteiger partial charge on any atom is -0.384 e. The highest BCUT2D eigenvalue weighted by Gasteiger charge is 2.15. The smallest absolute Gasteiger partial charge is 0.242 e. The van der Waals surface area contributed by atoms with Crippen LogP contribution in [0.25, 0.3) is 0 Å². The Morgan fingerprint density at radius 3 is 2.65 bits per heavy atom. The number of rotatable bonds is 8. The fourth-order valence-electron chi connectivity index (χ4n) is 1.86. The van der Waals surface area contributed by atoms with E-state index in [1.807, 2.05) is 32.0 Å². The molecule has 2 unspecified atom stereocenters. The number of nitrogens with one attached hydrogen (secondary N) is 2. The molecule has 0 heterocycles. The van der Waals surface area contributed by atoms with E-state index in [2.05, 4.69) is 23.6 Å². The summed E-state index contributed by atoms with van der Waals surface area (Å²) in [4.78, 5) is 12.0. The molecule has 4 heteroatoms. The van der Waals surface area contributed by atoms with E-state index in [9.17, 15) is 4.79 Å². The van der Waals surface area contributed by atoms with Gasteiger partial charge in [0.05, 0.1) is 6.61 Å². The summed E-state index contributed by atoms with van der Waals surface area (Å²) in [5, 5.41) is 6.27. The maximum atomic E-state index is 12.0. The van der Waals surface area contributed by atoms with Crippen molar-refractivity contribution in [2.24, 2.45) is 0 Å². The van der Waals surface area contributed by atoms with E-state index in [0.717, 1.165) is 24.1 Å². The fraction of sp³-hybridized carbons (Fsp3) is 0.562. The van der Waals surface area contributed by atoms with Gasteiger partial charge in [0.2, 0.25) is 5.91 Å². The number of para-hydroxylation sites is 1. The van der Waals surface area contributed by atoms with Crippen LogP contribution in [0.3, 0.4) is 0 Å². The number of benzene rings is 1. The molecule has 1 aromatic carbocycles. The maximum Gasteiger partial charge on any atom is 0.242 e. The van der Waals surface area contributed by atoms with Gasteiger partial charge in [0.25, 0.3) is 0 Å². The standard InChI is InChI=1S/C16H26N2O2/c1-5-12(2)17-16(19)13(3)18-15-9-7-6-8-14(15)10-11-20-4/h6-9,12-13,18H,5,10-11H2,1-4H3,(H,17,19). The third kappa shape index (κ3) is 5.21. The first-order chi connectivity index (χ1) is 9.58. The molecule has 0 fully saturated rings. The average molecular weight is 278 g/mol. The molecule has 1 aromatic rings. The van der Waals surface area contributed by atoms with Gasteiger partial charge in [-0.05, 0) is 38.3 Å². The molecule has 1 rings (SSSR count). The number of methoxy groups -OCH3 is 1. The zero-order valence-corrected chi connectivity index (χ0v) is 12.9. The Bertz CT molecular complexity index is 421. The SMILES string of the molecule is CCC(C)NC(=O)C(C)Nc1ccccc1CCOC. The van der Waals surface area contributed by atoms with Gasteiger partial charge in [-0.25, -0.2) is 0 Å². The second kappa shape index (κ2) is 8.59. The quantitative estimate of drug-likeness (QED) is 0.768. The number of anilines is 1. The van der Waals surface area contributed by atoms with Gasteiger partial charge in [-0.1, -0.05) is 25.1 Å². The topological polar surface area (TPSA) is 50.4 Å². The first-order valence-electron chi connectivity index (χ1n) is 7.22. The summed E-state index contributed by atoms with van der Waals surface area (Å²) in [5.41, 5.74) is 2.16. The minimum absolute atomic E-state index is 0.0286. The van der Waals surface area contributed by atoms with Gasteiger partial charge in [-0.3, -0.25) is 4.79 Å². The second-order valence-corrected chi connectivity index (χ2v) is 5.08. The lowest BCUT2D eigenvalue weighted by Gasteiger charge is -2.20. The van der Waals surface area contributed by atoms with Gasteiger partial charge < -0.3 is 15.4 Å². The predicted octanol–water partition coefficient (Wildman–Crippen LogP) is 2.59. The van der Waals surface area contributed by atoms with E-state index >= 15 is 0 Å². The van der Waals surface area contributed by atoms with Crippen LogP contribution in [-0.2, 0) is 16.0 Å². The van der Waals surface area contributed by atoms with Crippen LogP contribution in [0, 0.1) is 0 Å². The lowest BCUT2D eigenvalue weighted by Crippen LogP contribution is -2.42. The highest BCUT2D eigenvalue weighted by molar-refractivity contribution is 5.84. The molecule has 112 valence electrons. The van der Waals surface area contributed by atoms with E-state index in [1.54, 1.807) is 7.11 Å². The molecule has 0 aromatic heterocycles. The Labute approximate surface area is 121 Å². The van der Waals surface area contributed by atoms with Crippen molar-refractivity contribution in [2.75, 3.05) is 19.0 Å². The highest BCUT2D eigenvalue weighted by atomic mass is 16.5. The van der Waals surface area contributed by atoms with Crippen molar-refractivity contribution >= 4 is 11.6 Å². The van der Waals surface area contributed by atoms with Crippen molar-refractivity contribution in [1.82, 2.24) is 5.32 Å². The van der Waals surface area contributed by atoms with Crippen molar-refractivity contribution in [2.45, 2.75) is 45.7 Å². The molecule has 0 saturated carbocycles. The largest absolute Gasteiger partial charge is 0.384 e. The first-order valence-corrected chi connectivity index (χ1v) is 7.22. The van der Waals surface area contributed by atoms with E-state index < -0.39 is 0 Å². The van der Waals surface area contributed by atoms with Crippen molar-refractivity contribution in [3.63, 3.8) is 0 Å². The number of hydrogen-bond acceptors (Lipinski definition) is 3. The van der Waals surface area contributed by atoms with Gasteiger partial charge in [0.1, 0.15) is 6.04 Å². The van der Waals surface area contributed by atoms with Crippen molar-refractivity contribution in [1.29, 1.82) is 0 Å². The third-order valence-electron chi connectivity index (χ3n) is 3.36. The van der Waals surface area contributed by atoms with Crippen LogP contribution < -0.4 is 10.6 Å². The van der Waals surface area contributed by atoms with Crippen LogP contribution >= 0.6 is 0 Å². The average Bonchev–Trinajstić information content (AvgIpc) is 2.46. The van der Waals surface area contributed by atoms with Crippen LogP contribution in [0.2, 0.25) is 0 Å². The number of amides is 1. The molecular weight excluding hydrogens is 252 g/mol. The first kappa shape index (κ1) is 16.5. The van der Waals surface area contributed by atoms with E-state index in [1.165, 1.54) is 0 Å². The zero-order chi connectivity index (χ0) is 15.0. The fourth-order valence-corrected chi connectivity index (χ4v) is 1.86. The number of hydrogen-bond donors (Lipinski definition) is 2. The van der Waals surface area contributed by atoms with Gasteiger partial charge in [0, 0.05) is 18.8 Å². The number of ether oxygens (including phenoxy) is 1. The summed E-state index contributed by atoms with van der Waals surface area (Å²) in [7, 11) is 1.69. The lowest BCUT2D eigenvalue weighted by molar-refractivity contribution is -0.122. The normalized spacial score (nSPS) is 13.6. The Kier molecular flexibility index (Phi) is 7.09. The van der Waals surface area contributed by atoms with Gasteiger partial charge in [0.15, 0.2) is 0 Å². The zero-order valence-electron chi connectivity index (χ0n) is 12.9. The Morgan fingerprint density at radius 1 is 1.30 bits per heavy atom. The predicted molar refractivity (Wildman–Crippen MR) is 83.0 cm³/mol. The number of carbonyl (C=O) groups excluding carboxylic acids is 1. The third-order valence-corrected chi connectivity index (χ3v) is 3.36. The molecular formula is C16H26N2O2. The molecule has 0 aliphatic carbocycles. The second-order valence-electron chi connectivity index (χ2n) is 5.08. The summed E-state index contributed by atoms with van der Waals surface area (Å²) in [6.45, 7) is 6.62. The van der Waals surface area contributed by atoms with Gasteiger partial charge >= 0.3 is 0 Å². The van der Waals surface area contributed by atoms with Crippen molar-refractivity contribution in [3.8, 4) is 0 Å². The van der Waals surface area contributed by atoms with Crippen LogP contribution in [0.1, 0.15) is 32.8 Å². The molecule has 0 radical (unpaired) electrons. The van der Waals surface area contributed by atoms with Crippen molar-refractivity contribution in [3.05, 3.63) is 29.8 Å². The summed E-state index contributed by atoms with van der Waals surface area (Å²) < 4.78 is 5.11. The summed E-state index contributed by atoms with van der Waals surface area (Å²) in [6, 6.07) is 7.97.